The highest BCUT2D eigenvalue weighted by Crippen LogP contribution is 2.30. The first-order chi connectivity index (χ1) is 14.5. The van der Waals surface area contributed by atoms with Crippen LogP contribution in [0.25, 0.3) is 11.4 Å². The number of halogens is 2. The lowest BCUT2D eigenvalue weighted by Crippen LogP contribution is -2.19. The lowest BCUT2D eigenvalue weighted by atomic mass is 10.1. The average molecular weight is 490 g/mol. The number of thioether (sulfide) groups is 1. The van der Waals surface area contributed by atoms with Crippen molar-refractivity contribution >= 4 is 33.5 Å². The standard InChI is InChI=1S/C22H21BrFN3O2S/c1-14(20(28)15-4-8-17(23)9-5-15)30-22-26-25-21(16-6-10-18(24)11-7-16)27(22)13-19-3-2-12-29-19/h4-11,14,19H,2-3,12-13H2,1H3/t14-,19+/m0/s1. The third-order valence-electron chi connectivity index (χ3n) is 5.01. The van der Waals surface area contributed by atoms with Crippen molar-refractivity contribution in [3.05, 3.63) is 64.4 Å². The number of rotatable bonds is 7. The molecule has 4 rings (SSSR count). The summed E-state index contributed by atoms with van der Waals surface area (Å²) in [5, 5.41) is 9.03. The Balaban J connectivity index is 1.60. The molecule has 1 saturated heterocycles. The van der Waals surface area contributed by atoms with Crippen LogP contribution >= 0.6 is 27.7 Å². The predicted molar refractivity (Wildman–Crippen MR) is 118 cm³/mol. The van der Waals surface area contributed by atoms with Crippen molar-refractivity contribution in [1.82, 2.24) is 14.8 Å². The number of ketones is 1. The fraction of sp³-hybridized carbons (Fsp3) is 0.318. The first kappa shape index (κ1) is 21.2. The summed E-state index contributed by atoms with van der Waals surface area (Å²) >= 11 is 4.77. The molecule has 1 aliphatic heterocycles. The van der Waals surface area contributed by atoms with Gasteiger partial charge in [-0.25, -0.2) is 4.39 Å². The zero-order chi connectivity index (χ0) is 21.1. The summed E-state index contributed by atoms with van der Waals surface area (Å²) in [7, 11) is 0. The number of hydrogen-bond acceptors (Lipinski definition) is 5. The van der Waals surface area contributed by atoms with E-state index in [9.17, 15) is 9.18 Å². The minimum absolute atomic E-state index is 0.0301. The Hall–Kier alpha value is -2.03. The van der Waals surface area contributed by atoms with Crippen LogP contribution in [-0.4, -0.2) is 38.5 Å². The number of benzene rings is 2. The quantitative estimate of drug-likeness (QED) is 0.329. The van der Waals surface area contributed by atoms with Crippen LogP contribution in [0.1, 0.15) is 30.1 Å². The molecule has 0 saturated carbocycles. The SMILES string of the molecule is C[C@H](Sc1nnc(-c2ccc(F)cc2)n1C[C@H]1CCCO1)C(=O)c1ccc(Br)cc1. The summed E-state index contributed by atoms with van der Waals surface area (Å²) < 4.78 is 22.1. The van der Waals surface area contributed by atoms with Gasteiger partial charge >= 0.3 is 0 Å². The van der Waals surface area contributed by atoms with E-state index in [1.807, 2.05) is 35.8 Å². The van der Waals surface area contributed by atoms with Crippen molar-refractivity contribution < 1.29 is 13.9 Å². The number of aromatic nitrogens is 3. The normalized spacial score (nSPS) is 17.2. The van der Waals surface area contributed by atoms with E-state index in [2.05, 4.69) is 26.1 Å². The van der Waals surface area contributed by atoms with Gasteiger partial charge in [0.15, 0.2) is 16.8 Å². The molecular formula is C22H21BrFN3O2S. The molecule has 156 valence electrons. The van der Waals surface area contributed by atoms with Crippen LogP contribution in [0.5, 0.6) is 0 Å². The van der Waals surface area contributed by atoms with E-state index in [4.69, 9.17) is 4.74 Å². The highest BCUT2D eigenvalue weighted by molar-refractivity contribution is 9.10. The van der Waals surface area contributed by atoms with Gasteiger partial charge in [0, 0.05) is 22.2 Å². The van der Waals surface area contributed by atoms with E-state index in [-0.39, 0.29) is 23.0 Å². The van der Waals surface area contributed by atoms with E-state index in [1.165, 1.54) is 23.9 Å². The maximum atomic E-state index is 13.4. The molecule has 30 heavy (non-hydrogen) atoms. The highest BCUT2D eigenvalue weighted by Gasteiger charge is 2.25. The first-order valence-corrected chi connectivity index (χ1v) is 11.5. The highest BCUT2D eigenvalue weighted by atomic mass is 79.9. The van der Waals surface area contributed by atoms with Crippen molar-refractivity contribution in [2.24, 2.45) is 0 Å². The Morgan fingerprint density at radius 2 is 1.97 bits per heavy atom. The number of carbonyl (C=O) groups excluding carboxylic acids is 1. The second-order valence-corrected chi connectivity index (χ2v) is 9.41. The second-order valence-electron chi connectivity index (χ2n) is 7.19. The summed E-state index contributed by atoms with van der Waals surface area (Å²) in [6, 6.07) is 13.5. The van der Waals surface area contributed by atoms with Gasteiger partial charge in [0.05, 0.1) is 17.9 Å². The van der Waals surface area contributed by atoms with Gasteiger partial charge in [-0.15, -0.1) is 10.2 Å². The molecule has 1 fully saturated rings. The molecule has 0 aliphatic carbocycles. The number of hydrogen-bond donors (Lipinski definition) is 0. The molecule has 5 nitrogen and oxygen atoms in total. The number of carbonyl (C=O) groups is 1. The third-order valence-corrected chi connectivity index (χ3v) is 6.62. The molecule has 2 atom stereocenters. The largest absolute Gasteiger partial charge is 0.376 e. The predicted octanol–water partition coefficient (Wildman–Crippen LogP) is 5.39. The summed E-state index contributed by atoms with van der Waals surface area (Å²) in [5.41, 5.74) is 1.43. The Bertz CT molecular complexity index is 1020. The van der Waals surface area contributed by atoms with Crippen LogP contribution in [0.3, 0.4) is 0 Å². The Morgan fingerprint density at radius 3 is 2.63 bits per heavy atom. The van der Waals surface area contributed by atoms with Crippen LogP contribution in [0.2, 0.25) is 0 Å². The molecule has 1 aliphatic rings. The Morgan fingerprint density at radius 1 is 1.23 bits per heavy atom. The Labute approximate surface area is 187 Å². The van der Waals surface area contributed by atoms with E-state index in [1.54, 1.807) is 12.1 Å². The summed E-state index contributed by atoms with van der Waals surface area (Å²) in [6.07, 6.45) is 2.08. The van der Waals surface area contributed by atoms with Gasteiger partial charge in [0.25, 0.3) is 0 Å². The maximum Gasteiger partial charge on any atom is 0.192 e. The molecule has 2 heterocycles. The van der Waals surface area contributed by atoms with E-state index in [0.717, 1.165) is 29.5 Å². The smallest absolute Gasteiger partial charge is 0.192 e. The maximum absolute atomic E-state index is 13.4. The molecule has 2 aromatic carbocycles. The summed E-state index contributed by atoms with van der Waals surface area (Å²) in [4.78, 5) is 12.9. The second kappa shape index (κ2) is 9.41. The lowest BCUT2D eigenvalue weighted by molar-refractivity contribution is 0.0953. The van der Waals surface area contributed by atoms with Crippen LogP contribution in [-0.2, 0) is 11.3 Å². The zero-order valence-electron chi connectivity index (χ0n) is 16.4. The van der Waals surface area contributed by atoms with Crippen molar-refractivity contribution in [1.29, 1.82) is 0 Å². The molecule has 0 unspecified atom stereocenters. The van der Waals surface area contributed by atoms with Crippen LogP contribution < -0.4 is 0 Å². The third kappa shape index (κ3) is 4.82. The van der Waals surface area contributed by atoms with Gasteiger partial charge in [-0.3, -0.25) is 9.36 Å². The minimum Gasteiger partial charge on any atom is -0.376 e. The summed E-state index contributed by atoms with van der Waals surface area (Å²) in [6.45, 7) is 3.22. The first-order valence-electron chi connectivity index (χ1n) is 9.78. The Kier molecular flexibility index (Phi) is 6.65. The topological polar surface area (TPSA) is 57.0 Å². The average Bonchev–Trinajstić information content (AvgIpc) is 3.40. The van der Waals surface area contributed by atoms with Gasteiger partial charge in [-0.2, -0.15) is 0 Å². The zero-order valence-corrected chi connectivity index (χ0v) is 18.8. The van der Waals surface area contributed by atoms with Gasteiger partial charge in [-0.05, 0) is 56.2 Å². The van der Waals surface area contributed by atoms with E-state index >= 15 is 0 Å². The molecule has 8 heteroatoms. The molecule has 0 radical (unpaired) electrons. The molecule has 0 bridgehead atoms. The number of Topliss-reactive ketones (excluding diaryl/α,β-unsaturated/α-hetero) is 1. The molecule has 3 aromatic rings. The van der Waals surface area contributed by atoms with Gasteiger partial charge in [0.2, 0.25) is 0 Å². The van der Waals surface area contributed by atoms with Gasteiger partial charge in [-0.1, -0.05) is 39.8 Å². The van der Waals surface area contributed by atoms with Crippen LogP contribution in [0.4, 0.5) is 4.39 Å². The van der Waals surface area contributed by atoms with Crippen molar-refractivity contribution in [3.8, 4) is 11.4 Å². The van der Waals surface area contributed by atoms with Crippen LogP contribution in [0.15, 0.2) is 58.2 Å². The molecule has 0 N–H and O–H groups in total. The number of nitrogens with zero attached hydrogens (tertiary/aromatic N) is 3. The van der Waals surface area contributed by atoms with Gasteiger partial charge < -0.3 is 4.74 Å². The van der Waals surface area contributed by atoms with E-state index < -0.39 is 0 Å². The molecular weight excluding hydrogens is 469 g/mol. The van der Waals surface area contributed by atoms with Crippen molar-refractivity contribution in [2.45, 2.75) is 42.8 Å². The van der Waals surface area contributed by atoms with Crippen molar-refractivity contribution in [2.75, 3.05) is 6.61 Å². The molecule has 1 aromatic heterocycles. The fourth-order valence-electron chi connectivity index (χ4n) is 3.41. The minimum atomic E-state index is -0.334. The van der Waals surface area contributed by atoms with Crippen molar-refractivity contribution in [3.63, 3.8) is 0 Å². The monoisotopic (exact) mass is 489 g/mol. The van der Waals surface area contributed by atoms with Gasteiger partial charge in [0.1, 0.15) is 5.82 Å². The molecule has 0 amide bonds. The van der Waals surface area contributed by atoms with E-state index in [0.29, 0.717) is 23.1 Å². The van der Waals surface area contributed by atoms with Crippen LogP contribution in [0, 0.1) is 5.82 Å². The fourth-order valence-corrected chi connectivity index (χ4v) is 4.61. The summed E-state index contributed by atoms with van der Waals surface area (Å²) in [5.74, 6) is 0.381. The number of ether oxygens (including phenoxy) is 1. The molecule has 0 spiro atoms. The lowest BCUT2D eigenvalue weighted by Gasteiger charge is -2.16.